The molecular weight excluding hydrogens is 1510 g/mol. The van der Waals surface area contributed by atoms with Crippen LogP contribution in [0, 0.1) is 0 Å². The summed E-state index contributed by atoms with van der Waals surface area (Å²) in [5.74, 6) is 1.02. The number of methoxy groups -OCH3 is 2. The summed E-state index contributed by atoms with van der Waals surface area (Å²) in [6.45, 7) is 4.00. The Balaban J connectivity index is 0.000000149. The Morgan fingerprint density at radius 3 is 1.21 bits per heavy atom. The number of esters is 1. The van der Waals surface area contributed by atoms with Crippen molar-refractivity contribution in [3.8, 4) is 11.5 Å². The molecule has 548 valence electrons. The Bertz CT molecular complexity index is 5550. The summed E-state index contributed by atoms with van der Waals surface area (Å²) in [6.07, 6.45) is 0. The molecule has 0 radical (unpaired) electrons. The molecule has 0 fully saturated rings. The van der Waals surface area contributed by atoms with Gasteiger partial charge < -0.3 is 51.8 Å². The molecule has 10 N–H and O–H groups in total. The minimum absolute atomic E-state index is 0.0911. The van der Waals surface area contributed by atoms with Crippen molar-refractivity contribution >= 4 is 189 Å². The molecule has 0 saturated heterocycles. The Morgan fingerprint density at radius 1 is 0.454 bits per heavy atom. The third-order valence-corrected chi connectivity index (χ3v) is 16.2. The molecule has 0 aliphatic heterocycles. The number of nitrogens with one attached hydrogen (secondary N) is 4. The number of aromatic nitrogens is 14. The fourth-order valence-electron chi connectivity index (χ4n) is 9.90. The smallest absolute Gasteiger partial charge is 0.362 e. The van der Waals surface area contributed by atoms with Crippen molar-refractivity contribution in [1.29, 1.82) is 0 Å². The number of carbonyl (C=O) groups excluding carboxylic acids is 2. The number of fused-ring (bicyclic) bond motifs is 5. The van der Waals surface area contributed by atoms with Gasteiger partial charge >= 0.3 is 17.9 Å². The number of carboxylic acids is 2. The number of aromatic carboxylic acids is 2. The van der Waals surface area contributed by atoms with Crippen LogP contribution in [0.2, 0.25) is 30.3 Å². The van der Waals surface area contributed by atoms with Crippen LogP contribution >= 0.6 is 69.6 Å². The van der Waals surface area contributed by atoms with Gasteiger partial charge in [-0.2, -0.15) is 5.21 Å². The number of carbonyl (C=O) groups is 4. The van der Waals surface area contributed by atoms with E-state index in [0.29, 0.717) is 72.4 Å². The van der Waals surface area contributed by atoms with E-state index >= 15 is 0 Å². The molecule has 7 aromatic carbocycles. The van der Waals surface area contributed by atoms with Crippen LogP contribution in [0.15, 0.2) is 200 Å². The van der Waals surface area contributed by atoms with Crippen molar-refractivity contribution in [2.75, 3.05) is 42.5 Å². The molecule has 1 amide bonds. The molecule has 28 nitrogen and oxygen atoms in total. The van der Waals surface area contributed by atoms with Crippen LogP contribution in [0.25, 0.3) is 54.5 Å². The molecule has 0 atom stereocenters. The Hall–Kier alpha value is -12.6. The lowest BCUT2D eigenvalue weighted by molar-refractivity contribution is -0.116. The predicted molar refractivity (Wildman–Crippen MR) is 418 cm³/mol. The summed E-state index contributed by atoms with van der Waals surface area (Å²) < 4.78 is 18.6. The number of H-pyrrole nitrogens is 1. The monoisotopic (exact) mass is 1570 g/mol. The maximum atomic E-state index is 12.4. The molecule has 34 heteroatoms. The number of anilines is 7. The van der Waals surface area contributed by atoms with Crippen LogP contribution in [0.3, 0.4) is 0 Å². The molecule has 108 heavy (non-hydrogen) atoms. The van der Waals surface area contributed by atoms with E-state index in [0.717, 1.165) is 77.1 Å². The van der Waals surface area contributed by atoms with Gasteiger partial charge in [-0.15, -0.1) is 20.4 Å². The predicted octanol–water partition coefficient (Wildman–Crippen LogP) is 16.4. The Labute approximate surface area is 643 Å². The minimum atomic E-state index is -1.18. The van der Waals surface area contributed by atoms with Gasteiger partial charge in [-0.25, -0.2) is 48.7 Å². The number of benzene rings is 7. The number of nitrogens with zero attached hydrogens (tertiary/aromatic N) is 13. The quantitative estimate of drug-likeness (QED) is 0.0329. The number of nitrogen functional groups attached to an aromatic ring is 1. The number of halogens is 6. The van der Waals surface area contributed by atoms with Crippen LogP contribution in [0.5, 0.6) is 11.5 Å². The van der Waals surface area contributed by atoms with E-state index in [1.165, 1.54) is 11.6 Å². The average Bonchev–Trinajstić information content (AvgIpc) is 1.16. The number of amides is 1. The zero-order chi connectivity index (χ0) is 77.0. The number of nitrogens with two attached hydrogens (primary N) is 2. The molecule has 8 aromatic heterocycles. The van der Waals surface area contributed by atoms with Crippen molar-refractivity contribution in [2.45, 2.75) is 26.9 Å². The summed E-state index contributed by atoms with van der Waals surface area (Å²) in [4.78, 5) is 65.9. The number of hydrogen-bond acceptors (Lipinski definition) is 22. The van der Waals surface area contributed by atoms with Gasteiger partial charge in [-0.3, -0.25) is 4.79 Å². The summed E-state index contributed by atoms with van der Waals surface area (Å²) in [7, 11) is 3.21. The van der Waals surface area contributed by atoms with Gasteiger partial charge in [0.05, 0.1) is 61.5 Å². The van der Waals surface area contributed by atoms with Gasteiger partial charge in [-0.05, 0) is 194 Å². The first-order valence-corrected chi connectivity index (χ1v) is 34.2. The van der Waals surface area contributed by atoms with Crippen molar-refractivity contribution in [3.05, 3.63) is 259 Å². The Morgan fingerprint density at radius 2 is 0.815 bits per heavy atom. The van der Waals surface area contributed by atoms with Crippen molar-refractivity contribution in [3.63, 3.8) is 0 Å². The highest BCUT2D eigenvalue weighted by Crippen LogP contribution is 2.29. The highest BCUT2D eigenvalue weighted by atomic mass is 35.5. The van der Waals surface area contributed by atoms with Crippen LogP contribution < -0.4 is 36.9 Å². The lowest BCUT2D eigenvalue weighted by Crippen LogP contribution is -2.11. The number of ether oxygens (including phenoxy) is 3. The van der Waals surface area contributed by atoms with E-state index in [1.807, 2.05) is 121 Å². The van der Waals surface area contributed by atoms with E-state index in [2.05, 4.69) is 82.6 Å². The lowest BCUT2D eigenvalue weighted by Gasteiger charge is -2.11. The van der Waals surface area contributed by atoms with E-state index in [4.69, 9.17) is 94.7 Å². The van der Waals surface area contributed by atoms with E-state index in [9.17, 15) is 24.3 Å². The van der Waals surface area contributed by atoms with Gasteiger partial charge in [0.2, 0.25) is 23.0 Å². The van der Waals surface area contributed by atoms with Crippen molar-refractivity contribution in [1.82, 2.24) is 70.3 Å². The summed E-state index contributed by atoms with van der Waals surface area (Å²) >= 11 is 35.3. The number of carboxylic acid groups (broad SMARTS) is 2. The highest BCUT2D eigenvalue weighted by Gasteiger charge is 2.24. The molecule has 8 heterocycles. The fraction of sp³-hybridized carbons (Fsp3) is 0.0946. The SMILES string of the molecule is CC(N)=O.CCOC(=O)c1nnn(Cc2ccc(OC)cc2)c1Nc1ccc2cc(Cl)ccc2n1.COc1ccc(Cn2nnc(C(=O)O)c2Nc2ccc3cc(Cl)ccc3n2)cc1.Clc1ccc2nc(Cl)ccc2c1.Nc1ccc2cc(Cl)ccc2n1.O=C(O)c1n[nH]nc1Nc1ccc2cc(Cl)ccc2n1. The number of hydrogen-bond donors (Lipinski definition) is 8. The number of aromatic amines is 1. The second kappa shape index (κ2) is 36.9. The molecule has 0 aliphatic carbocycles. The van der Waals surface area contributed by atoms with E-state index in [-0.39, 0.29) is 41.2 Å². The minimum Gasteiger partial charge on any atom is -0.497 e. The molecule has 0 spiro atoms. The van der Waals surface area contributed by atoms with Crippen molar-refractivity contribution in [2.24, 2.45) is 5.73 Å². The second-order valence-electron chi connectivity index (χ2n) is 22.6. The van der Waals surface area contributed by atoms with Gasteiger partial charge in [0.25, 0.3) is 0 Å². The van der Waals surface area contributed by atoms with Gasteiger partial charge in [0.1, 0.15) is 39.9 Å². The highest BCUT2D eigenvalue weighted by molar-refractivity contribution is 6.33. The van der Waals surface area contributed by atoms with E-state index < -0.39 is 17.9 Å². The standard InChI is InChI=1S/C22H20ClN5O3.C20H16ClN5O3.C12H8ClN5O2.C9H5Cl2N.C9H7ClN2.C2H5NO/c1-3-31-22(29)20-21(25-19-11-6-15-12-16(23)7-10-18(15)24-19)28(27-26-20)13-14-4-8-17(30-2)9-5-14;1-29-15-6-2-12(3-7-15)11-26-19(18(20(27)28)24-25-26)23-17-9-4-13-10-14(21)5-8-16(13)22-17;13-7-2-3-8-6(5-7)1-4-9(14-8)15-11-10(12(19)20)16-18-17-11;2*10-7-2-3-8-6(5-7)1-4-9(11)12-8;1-2(3)4/h4-12H,3,13H2,1-2H3,(H,24,25);2-10H,11H2,1H3,(H,22,23)(H,27,28);1-5H,(H,19,20)(H2,14,15,16,17,18);1-5H;1-5H,(H2,11,12);1H3,(H2,3,4). The first-order valence-electron chi connectivity index (χ1n) is 32.0. The second-order valence-corrected chi connectivity index (χ2v) is 25.1. The zero-order valence-corrected chi connectivity index (χ0v) is 61.7. The topological polar surface area (TPSA) is 392 Å². The van der Waals surface area contributed by atoms with Crippen LogP contribution in [0.4, 0.5) is 40.7 Å². The van der Waals surface area contributed by atoms with Crippen molar-refractivity contribution < 1.29 is 43.6 Å². The van der Waals surface area contributed by atoms with Crippen LogP contribution in [0.1, 0.15) is 56.4 Å². The molecular formula is C74H61Cl6N19O9. The molecule has 0 aliphatic rings. The average molecular weight is 1570 g/mol. The van der Waals surface area contributed by atoms with Crippen LogP contribution in [-0.4, -0.2) is 125 Å². The van der Waals surface area contributed by atoms with Gasteiger partial charge in [0, 0.05) is 59.0 Å². The normalized spacial score (nSPS) is 10.5. The summed E-state index contributed by atoms with van der Waals surface area (Å²) in [5.41, 5.74) is 15.6. The summed E-state index contributed by atoms with van der Waals surface area (Å²) in [6, 6.07) is 60.3. The zero-order valence-electron chi connectivity index (χ0n) is 57.2. The largest absolute Gasteiger partial charge is 0.497 e. The number of rotatable bonds is 16. The molecule has 0 bridgehead atoms. The molecule has 15 rings (SSSR count). The Kier molecular flexibility index (Phi) is 26.7. The van der Waals surface area contributed by atoms with Gasteiger partial charge in [0.15, 0.2) is 17.5 Å². The first kappa shape index (κ1) is 78.0. The molecule has 0 saturated carbocycles. The number of pyridine rings is 5. The maximum Gasteiger partial charge on any atom is 0.362 e. The van der Waals surface area contributed by atoms with E-state index in [1.54, 1.807) is 105 Å². The third-order valence-electron chi connectivity index (χ3n) is 14.9. The number of primary amides is 1. The molecule has 15 aromatic rings. The van der Waals surface area contributed by atoms with Crippen LogP contribution in [-0.2, 0) is 22.6 Å². The molecule has 0 unspecified atom stereocenters. The third kappa shape index (κ3) is 21.6. The summed E-state index contributed by atoms with van der Waals surface area (Å²) in [5, 5.41) is 61.5. The first-order chi connectivity index (χ1) is 52.0. The maximum absolute atomic E-state index is 12.4. The lowest BCUT2D eigenvalue weighted by atomic mass is 10.2. The van der Waals surface area contributed by atoms with Gasteiger partial charge in [-0.1, -0.05) is 104 Å². The fourth-order valence-corrected chi connectivity index (χ4v) is 11.0.